The summed E-state index contributed by atoms with van der Waals surface area (Å²) in [6, 6.07) is 11.1. The fraction of sp³-hybridized carbons (Fsp3) is 0.450. The van der Waals surface area contributed by atoms with Gasteiger partial charge in [0.05, 0.1) is 4.90 Å². The van der Waals surface area contributed by atoms with Crippen LogP contribution < -0.4 is 4.90 Å². The average molecular weight is 413 g/mol. The quantitative estimate of drug-likeness (QED) is 0.649. The molecule has 9 heteroatoms. The van der Waals surface area contributed by atoms with Gasteiger partial charge < -0.3 is 4.90 Å². The molecule has 5 rings (SSSR count). The van der Waals surface area contributed by atoms with Crippen LogP contribution in [-0.2, 0) is 16.4 Å². The number of sulfonamides is 1. The zero-order valence-corrected chi connectivity index (χ0v) is 17.4. The zero-order valence-electron chi connectivity index (χ0n) is 16.6. The van der Waals surface area contributed by atoms with Crippen LogP contribution in [0.15, 0.2) is 41.3 Å². The third-order valence-electron chi connectivity index (χ3n) is 6.03. The van der Waals surface area contributed by atoms with Crippen molar-refractivity contribution in [2.75, 3.05) is 31.1 Å². The van der Waals surface area contributed by atoms with E-state index in [1.807, 2.05) is 32.0 Å². The molecule has 152 valence electrons. The highest BCUT2D eigenvalue weighted by molar-refractivity contribution is 7.89. The Balaban J connectivity index is 1.33. The van der Waals surface area contributed by atoms with E-state index in [2.05, 4.69) is 15.1 Å². The van der Waals surface area contributed by atoms with Crippen LogP contribution >= 0.6 is 0 Å². The molecule has 2 atom stereocenters. The molecule has 2 aromatic heterocycles. The van der Waals surface area contributed by atoms with Crippen molar-refractivity contribution in [3.63, 3.8) is 0 Å². The number of anilines is 1. The van der Waals surface area contributed by atoms with Crippen LogP contribution in [0.4, 0.5) is 5.82 Å². The van der Waals surface area contributed by atoms with Gasteiger partial charge in [0.1, 0.15) is 5.82 Å². The molecule has 2 unspecified atom stereocenters. The second kappa shape index (κ2) is 6.77. The van der Waals surface area contributed by atoms with Gasteiger partial charge in [0, 0.05) is 32.6 Å². The van der Waals surface area contributed by atoms with Gasteiger partial charge >= 0.3 is 0 Å². The lowest BCUT2D eigenvalue weighted by atomic mass is 10.0. The SMILES string of the molecule is CCc1nnc2ccc(N3CC4CN(S(=O)(=O)c5cccc(C)c5)CC4C3)nn12. The summed E-state index contributed by atoms with van der Waals surface area (Å²) in [5.74, 6) is 2.38. The molecule has 0 spiro atoms. The Morgan fingerprint density at radius 3 is 2.48 bits per heavy atom. The summed E-state index contributed by atoms with van der Waals surface area (Å²) in [6.07, 6.45) is 0.772. The first-order valence-electron chi connectivity index (χ1n) is 9.99. The van der Waals surface area contributed by atoms with Crippen molar-refractivity contribution in [3.05, 3.63) is 47.8 Å². The van der Waals surface area contributed by atoms with E-state index in [4.69, 9.17) is 5.10 Å². The second-order valence-electron chi connectivity index (χ2n) is 7.99. The molecule has 2 aliphatic heterocycles. The molecule has 4 heterocycles. The van der Waals surface area contributed by atoms with Gasteiger partial charge in [-0.05, 0) is 48.6 Å². The summed E-state index contributed by atoms with van der Waals surface area (Å²) in [5, 5.41) is 13.0. The molecule has 0 radical (unpaired) electrons. The average Bonchev–Trinajstić information content (AvgIpc) is 3.40. The van der Waals surface area contributed by atoms with Crippen LogP contribution in [0.25, 0.3) is 5.65 Å². The van der Waals surface area contributed by atoms with E-state index in [-0.39, 0.29) is 0 Å². The largest absolute Gasteiger partial charge is 0.355 e. The molecule has 0 aliphatic carbocycles. The highest BCUT2D eigenvalue weighted by Gasteiger charge is 2.44. The summed E-state index contributed by atoms with van der Waals surface area (Å²) < 4.78 is 29.5. The van der Waals surface area contributed by atoms with Crippen LogP contribution in [0.2, 0.25) is 0 Å². The van der Waals surface area contributed by atoms with Crippen molar-refractivity contribution >= 4 is 21.5 Å². The predicted octanol–water partition coefficient (Wildman–Crippen LogP) is 1.75. The van der Waals surface area contributed by atoms with Crippen molar-refractivity contribution in [3.8, 4) is 0 Å². The first-order chi connectivity index (χ1) is 14.0. The summed E-state index contributed by atoms with van der Waals surface area (Å²) in [6.45, 7) is 6.70. The van der Waals surface area contributed by atoms with E-state index in [0.29, 0.717) is 29.8 Å². The smallest absolute Gasteiger partial charge is 0.243 e. The molecule has 3 aromatic rings. The highest BCUT2D eigenvalue weighted by atomic mass is 32.2. The normalized spacial score (nSPS) is 22.5. The molecular weight excluding hydrogens is 388 g/mol. The summed E-state index contributed by atoms with van der Waals surface area (Å²) in [4.78, 5) is 2.64. The third kappa shape index (κ3) is 3.08. The molecule has 8 nitrogen and oxygen atoms in total. The van der Waals surface area contributed by atoms with E-state index in [1.54, 1.807) is 27.0 Å². The van der Waals surface area contributed by atoms with Gasteiger partial charge in [-0.2, -0.15) is 8.82 Å². The number of aryl methyl sites for hydroxylation is 2. The van der Waals surface area contributed by atoms with Crippen molar-refractivity contribution in [2.45, 2.75) is 25.2 Å². The Morgan fingerprint density at radius 1 is 1.03 bits per heavy atom. The predicted molar refractivity (Wildman–Crippen MR) is 109 cm³/mol. The maximum absolute atomic E-state index is 13.0. The van der Waals surface area contributed by atoms with E-state index in [0.717, 1.165) is 42.4 Å². The van der Waals surface area contributed by atoms with E-state index >= 15 is 0 Å². The summed E-state index contributed by atoms with van der Waals surface area (Å²) >= 11 is 0. The fourth-order valence-corrected chi connectivity index (χ4v) is 6.13. The maximum Gasteiger partial charge on any atom is 0.243 e. The number of nitrogens with zero attached hydrogens (tertiary/aromatic N) is 6. The number of fused-ring (bicyclic) bond motifs is 2. The lowest BCUT2D eigenvalue weighted by molar-refractivity contribution is 0.453. The Hall–Kier alpha value is -2.52. The van der Waals surface area contributed by atoms with Crippen molar-refractivity contribution in [2.24, 2.45) is 11.8 Å². The lowest BCUT2D eigenvalue weighted by Gasteiger charge is -2.22. The second-order valence-corrected chi connectivity index (χ2v) is 9.93. The van der Waals surface area contributed by atoms with Crippen molar-refractivity contribution in [1.29, 1.82) is 0 Å². The lowest BCUT2D eigenvalue weighted by Crippen LogP contribution is -2.33. The molecule has 0 bridgehead atoms. The Kier molecular flexibility index (Phi) is 4.32. The molecule has 0 N–H and O–H groups in total. The van der Waals surface area contributed by atoms with Crippen LogP contribution in [0.5, 0.6) is 0 Å². The molecule has 2 fully saturated rings. The number of hydrogen-bond acceptors (Lipinski definition) is 6. The van der Waals surface area contributed by atoms with Crippen LogP contribution in [0.3, 0.4) is 0 Å². The van der Waals surface area contributed by atoms with Crippen molar-refractivity contribution < 1.29 is 8.42 Å². The minimum atomic E-state index is -3.44. The van der Waals surface area contributed by atoms with Gasteiger partial charge in [-0.25, -0.2) is 8.42 Å². The van der Waals surface area contributed by atoms with Crippen LogP contribution in [0, 0.1) is 18.8 Å². The number of hydrogen-bond donors (Lipinski definition) is 0. The molecule has 29 heavy (non-hydrogen) atoms. The molecule has 2 aliphatic rings. The van der Waals surface area contributed by atoms with Crippen LogP contribution in [-0.4, -0.2) is 58.7 Å². The third-order valence-corrected chi connectivity index (χ3v) is 7.86. The molecule has 1 aromatic carbocycles. The molecular formula is C20H24N6O2S. The number of benzene rings is 1. The first-order valence-corrected chi connectivity index (χ1v) is 11.4. The van der Waals surface area contributed by atoms with E-state index in [9.17, 15) is 8.42 Å². The van der Waals surface area contributed by atoms with Gasteiger partial charge in [-0.15, -0.1) is 15.3 Å². The number of aromatic nitrogens is 4. The minimum absolute atomic E-state index is 0.318. The number of rotatable bonds is 4. The summed E-state index contributed by atoms with van der Waals surface area (Å²) in [5.41, 5.74) is 1.71. The molecule has 2 saturated heterocycles. The summed E-state index contributed by atoms with van der Waals surface area (Å²) in [7, 11) is -3.44. The van der Waals surface area contributed by atoms with Gasteiger partial charge in [0.25, 0.3) is 0 Å². The van der Waals surface area contributed by atoms with Gasteiger partial charge in [-0.3, -0.25) is 0 Å². The minimum Gasteiger partial charge on any atom is -0.355 e. The van der Waals surface area contributed by atoms with Gasteiger partial charge in [0.2, 0.25) is 10.0 Å². The van der Waals surface area contributed by atoms with Gasteiger partial charge in [0.15, 0.2) is 11.5 Å². The Morgan fingerprint density at radius 2 is 1.79 bits per heavy atom. The van der Waals surface area contributed by atoms with E-state index < -0.39 is 10.0 Å². The topological polar surface area (TPSA) is 83.7 Å². The van der Waals surface area contributed by atoms with Gasteiger partial charge in [-0.1, -0.05) is 19.1 Å². The Bertz CT molecular complexity index is 1160. The first kappa shape index (κ1) is 18.5. The zero-order chi connectivity index (χ0) is 20.2. The van der Waals surface area contributed by atoms with E-state index in [1.165, 1.54) is 0 Å². The van der Waals surface area contributed by atoms with Crippen LogP contribution in [0.1, 0.15) is 18.3 Å². The molecule has 0 saturated carbocycles. The standard InChI is InChI=1S/C20H24N6O2S/c1-3-18-21-22-19-7-8-20(23-26(18)19)24-10-15-12-25(13-16(15)11-24)29(27,28)17-6-4-5-14(2)9-17/h4-9,15-16H,3,10-13H2,1-2H3. The fourth-order valence-electron chi connectivity index (χ4n) is 4.47. The Labute approximate surface area is 170 Å². The van der Waals surface area contributed by atoms with Crippen molar-refractivity contribution in [1.82, 2.24) is 24.1 Å². The monoisotopic (exact) mass is 412 g/mol. The highest BCUT2D eigenvalue weighted by Crippen LogP contribution is 2.36. The maximum atomic E-state index is 13.0. The molecule has 0 amide bonds.